The van der Waals surface area contributed by atoms with Gasteiger partial charge in [0.1, 0.15) is 0 Å². The molecule has 0 aromatic heterocycles. The van der Waals surface area contributed by atoms with E-state index in [1.807, 2.05) is 48.5 Å². The van der Waals surface area contributed by atoms with Crippen LogP contribution in [0.5, 0.6) is 0 Å². The molecule has 0 unspecified atom stereocenters. The standard InChI is InChI=1S/C20H18N4/c1-16-12-14-19(15-13-16)24-22-20(21-23-24,17-8-4-2-5-9-17)18-10-6-3-7-11-18/h2-15,22H,1H3. The Labute approximate surface area is 141 Å². The Morgan fingerprint density at radius 2 is 1.29 bits per heavy atom. The first-order valence-electron chi connectivity index (χ1n) is 7.96. The lowest BCUT2D eigenvalue weighted by molar-refractivity contribution is 0.461. The highest BCUT2D eigenvalue weighted by molar-refractivity contribution is 5.49. The molecule has 1 heterocycles. The number of anilines is 1. The average Bonchev–Trinajstić information content (AvgIpc) is 3.10. The average molecular weight is 314 g/mol. The first kappa shape index (κ1) is 14.6. The topological polar surface area (TPSA) is 40.0 Å². The van der Waals surface area contributed by atoms with E-state index in [9.17, 15) is 0 Å². The summed E-state index contributed by atoms with van der Waals surface area (Å²) in [4.78, 5) is 0. The Balaban J connectivity index is 1.77. The second-order valence-corrected chi connectivity index (χ2v) is 5.89. The molecule has 0 bridgehead atoms. The molecule has 3 aromatic rings. The molecule has 0 amide bonds. The Kier molecular flexibility index (Phi) is 3.59. The predicted octanol–water partition coefficient (Wildman–Crippen LogP) is 4.59. The molecule has 4 nitrogen and oxygen atoms in total. The zero-order chi connectivity index (χ0) is 16.4. The van der Waals surface area contributed by atoms with Gasteiger partial charge in [-0.1, -0.05) is 83.6 Å². The molecule has 24 heavy (non-hydrogen) atoms. The maximum Gasteiger partial charge on any atom is 0.203 e. The van der Waals surface area contributed by atoms with Gasteiger partial charge in [-0.25, -0.2) is 0 Å². The van der Waals surface area contributed by atoms with Crippen LogP contribution in [0, 0.1) is 6.92 Å². The van der Waals surface area contributed by atoms with Crippen LogP contribution in [0.4, 0.5) is 5.69 Å². The number of benzene rings is 3. The minimum Gasteiger partial charge on any atom is -0.175 e. The van der Waals surface area contributed by atoms with Crippen molar-refractivity contribution in [3.8, 4) is 0 Å². The van der Waals surface area contributed by atoms with Crippen molar-refractivity contribution < 1.29 is 0 Å². The molecule has 0 atom stereocenters. The van der Waals surface area contributed by atoms with E-state index >= 15 is 0 Å². The first-order valence-corrected chi connectivity index (χ1v) is 7.96. The molecule has 0 saturated carbocycles. The molecule has 1 N–H and O–H groups in total. The van der Waals surface area contributed by atoms with E-state index in [0.717, 1.165) is 16.8 Å². The molecule has 0 spiro atoms. The summed E-state index contributed by atoms with van der Waals surface area (Å²) in [6.45, 7) is 2.07. The van der Waals surface area contributed by atoms with Gasteiger partial charge in [-0.3, -0.25) is 0 Å². The van der Waals surface area contributed by atoms with Gasteiger partial charge >= 0.3 is 0 Å². The molecule has 4 rings (SSSR count). The highest BCUT2D eigenvalue weighted by atomic mass is 15.8. The highest BCUT2D eigenvalue weighted by Gasteiger charge is 2.40. The third kappa shape index (κ3) is 2.47. The number of rotatable bonds is 3. The Morgan fingerprint density at radius 3 is 1.83 bits per heavy atom. The Morgan fingerprint density at radius 1 is 0.750 bits per heavy atom. The van der Waals surface area contributed by atoms with Crippen LogP contribution in [0.1, 0.15) is 16.7 Å². The van der Waals surface area contributed by atoms with Gasteiger partial charge in [0.05, 0.1) is 5.69 Å². The number of nitrogens with one attached hydrogen (secondary N) is 1. The largest absolute Gasteiger partial charge is 0.203 e. The van der Waals surface area contributed by atoms with E-state index in [2.05, 4.69) is 59.1 Å². The number of hydrogen-bond acceptors (Lipinski definition) is 4. The molecule has 118 valence electrons. The van der Waals surface area contributed by atoms with Crippen molar-refractivity contribution in [3.05, 3.63) is 102 Å². The molecule has 0 saturated heterocycles. The van der Waals surface area contributed by atoms with Crippen molar-refractivity contribution in [3.63, 3.8) is 0 Å². The van der Waals surface area contributed by atoms with E-state index in [-0.39, 0.29) is 0 Å². The van der Waals surface area contributed by atoms with Gasteiger partial charge in [-0.15, -0.1) is 5.11 Å². The molecule has 0 fully saturated rings. The number of hydrogen-bond donors (Lipinski definition) is 1. The Bertz CT molecular complexity index is 802. The SMILES string of the molecule is Cc1ccc(N2N=NC(c3ccccc3)(c3ccccc3)N2)cc1. The normalized spacial score (nSPS) is 15.6. The molecule has 0 aliphatic carbocycles. The van der Waals surface area contributed by atoms with Crippen LogP contribution in [0.3, 0.4) is 0 Å². The number of hydrazine groups is 1. The summed E-state index contributed by atoms with van der Waals surface area (Å²) in [5.74, 6) is 0. The van der Waals surface area contributed by atoms with Crippen LogP contribution in [0.15, 0.2) is 95.3 Å². The molecule has 0 radical (unpaired) electrons. The van der Waals surface area contributed by atoms with E-state index in [1.165, 1.54) is 5.56 Å². The smallest absolute Gasteiger partial charge is 0.175 e. The predicted molar refractivity (Wildman–Crippen MR) is 95.3 cm³/mol. The van der Waals surface area contributed by atoms with Gasteiger partial charge < -0.3 is 0 Å². The van der Waals surface area contributed by atoms with Crippen LogP contribution in [0.2, 0.25) is 0 Å². The van der Waals surface area contributed by atoms with Crippen LogP contribution in [-0.4, -0.2) is 0 Å². The number of nitrogens with zero attached hydrogens (tertiary/aromatic N) is 3. The quantitative estimate of drug-likeness (QED) is 0.768. The summed E-state index contributed by atoms with van der Waals surface area (Å²) in [5, 5.41) is 10.8. The van der Waals surface area contributed by atoms with E-state index in [0.29, 0.717) is 0 Å². The summed E-state index contributed by atoms with van der Waals surface area (Å²) >= 11 is 0. The monoisotopic (exact) mass is 314 g/mol. The van der Waals surface area contributed by atoms with Crippen LogP contribution < -0.4 is 10.5 Å². The van der Waals surface area contributed by atoms with E-state index < -0.39 is 5.66 Å². The fourth-order valence-corrected chi connectivity index (χ4v) is 2.88. The fourth-order valence-electron chi connectivity index (χ4n) is 2.88. The van der Waals surface area contributed by atoms with Crippen molar-refractivity contribution in [2.45, 2.75) is 12.6 Å². The molecule has 1 aliphatic heterocycles. The van der Waals surface area contributed by atoms with Gasteiger partial charge in [-0.2, -0.15) is 10.5 Å². The molecular formula is C20H18N4. The summed E-state index contributed by atoms with van der Waals surface area (Å²) in [7, 11) is 0. The van der Waals surface area contributed by atoms with Crippen LogP contribution in [-0.2, 0) is 5.66 Å². The molecule has 3 aromatic carbocycles. The second-order valence-electron chi connectivity index (χ2n) is 5.89. The van der Waals surface area contributed by atoms with Crippen LogP contribution in [0.25, 0.3) is 0 Å². The second kappa shape index (κ2) is 5.91. The minimum atomic E-state index is -0.715. The third-order valence-corrected chi connectivity index (χ3v) is 4.21. The summed E-state index contributed by atoms with van der Waals surface area (Å²) < 4.78 is 0. The van der Waals surface area contributed by atoms with E-state index in [1.54, 1.807) is 5.12 Å². The zero-order valence-electron chi connectivity index (χ0n) is 13.4. The maximum atomic E-state index is 4.63. The molecule has 1 aliphatic rings. The van der Waals surface area contributed by atoms with Crippen molar-refractivity contribution in [2.24, 2.45) is 10.3 Å². The third-order valence-electron chi connectivity index (χ3n) is 4.21. The Hall–Kier alpha value is -2.98. The van der Waals surface area contributed by atoms with Gasteiger partial charge in [0.2, 0.25) is 5.66 Å². The van der Waals surface area contributed by atoms with Gasteiger partial charge in [0.25, 0.3) is 0 Å². The van der Waals surface area contributed by atoms with Gasteiger partial charge in [0, 0.05) is 11.1 Å². The zero-order valence-corrected chi connectivity index (χ0v) is 13.4. The summed E-state index contributed by atoms with van der Waals surface area (Å²) in [5.41, 5.74) is 7.03. The summed E-state index contributed by atoms with van der Waals surface area (Å²) in [6.07, 6.45) is 0. The highest BCUT2D eigenvalue weighted by Crippen LogP contribution is 2.36. The fraction of sp³-hybridized carbons (Fsp3) is 0.100. The molecular weight excluding hydrogens is 296 g/mol. The van der Waals surface area contributed by atoms with Crippen molar-refractivity contribution in [1.29, 1.82) is 0 Å². The minimum absolute atomic E-state index is 0.715. The van der Waals surface area contributed by atoms with Crippen LogP contribution >= 0.6 is 0 Å². The molecule has 4 heteroatoms. The van der Waals surface area contributed by atoms with Gasteiger partial charge in [-0.05, 0) is 19.1 Å². The lowest BCUT2D eigenvalue weighted by Gasteiger charge is -2.28. The lowest BCUT2D eigenvalue weighted by atomic mass is 9.92. The van der Waals surface area contributed by atoms with E-state index in [4.69, 9.17) is 0 Å². The number of aryl methyl sites for hydroxylation is 1. The van der Waals surface area contributed by atoms with Crippen molar-refractivity contribution in [2.75, 3.05) is 5.12 Å². The van der Waals surface area contributed by atoms with Crippen molar-refractivity contribution in [1.82, 2.24) is 5.43 Å². The van der Waals surface area contributed by atoms with Gasteiger partial charge in [0.15, 0.2) is 0 Å². The maximum absolute atomic E-state index is 4.63. The first-order chi connectivity index (χ1) is 11.8. The lowest BCUT2D eigenvalue weighted by Crippen LogP contribution is -2.45. The summed E-state index contributed by atoms with van der Waals surface area (Å²) in [6, 6.07) is 28.6. The van der Waals surface area contributed by atoms with Crippen molar-refractivity contribution >= 4 is 5.69 Å².